The van der Waals surface area contributed by atoms with Gasteiger partial charge in [-0.15, -0.1) is 0 Å². The van der Waals surface area contributed by atoms with Crippen molar-refractivity contribution in [2.75, 3.05) is 6.61 Å². The summed E-state index contributed by atoms with van der Waals surface area (Å²) in [6.07, 6.45) is 2.41. The second kappa shape index (κ2) is 5.86. The number of aromatic carboxylic acids is 1. The first-order chi connectivity index (χ1) is 11.9. The van der Waals surface area contributed by atoms with E-state index in [0.717, 1.165) is 24.8 Å². The minimum atomic E-state index is -3.75. The van der Waals surface area contributed by atoms with Crippen LogP contribution >= 0.6 is 0 Å². The third-order valence-corrected chi connectivity index (χ3v) is 5.89. The van der Waals surface area contributed by atoms with Gasteiger partial charge in [-0.1, -0.05) is 18.2 Å². The number of hydrogen-bond donors (Lipinski definition) is 2. The number of sulfonamides is 1. The molecule has 0 saturated heterocycles. The molecule has 6 nitrogen and oxygen atoms in total. The Hall–Kier alpha value is -2.38. The fraction of sp³-hybridized carbons (Fsp3) is 0.278. The van der Waals surface area contributed by atoms with E-state index in [-0.39, 0.29) is 16.5 Å². The molecule has 130 valence electrons. The first-order valence-electron chi connectivity index (χ1n) is 8.10. The van der Waals surface area contributed by atoms with Crippen LogP contribution in [-0.4, -0.2) is 32.1 Å². The maximum Gasteiger partial charge on any atom is 0.335 e. The molecule has 1 fully saturated rings. The zero-order valence-electron chi connectivity index (χ0n) is 13.4. The summed E-state index contributed by atoms with van der Waals surface area (Å²) in [5.41, 5.74) is 2.21. The standard InChI is InChI=1S/C18H17NO5S/c20-18(21)13-8-12(16-3-1-2-11-6-7-24-17(11)16)9-15(10-13)25(22,23)19-14-4-5-14/h1-3,8-10,14,19H,4-7H2,(H,20,21). The van der Waals surface area contributed by atoms with Crippen molar-refractivity contribution in [3.8, 4) is 16.9 Å². The molecule has 2 aromatic rings. The number of para-hydroxylation sites is 1. The quantitative estimate of drug-likeness (QED) is 0.855. The van der Waals surface area contributed by atoms with Gasteiger partial charge in [-0.2, -0.15) is 0 Å². The van der Waals surface area contributed by atoms with Gasteiger partial charge in [0.05, 0.1) is 17.1 Å². The molecule has 0 atom stereocenters. The Morgan fingerprint density at radius 1 is 1.20 bits per heavy atom. The maximum atomic E-state index is 12.5. The molecule has 2 aliphatic rings. The molecule has 0 bridgehead atoms. The lowest BCUT2D eigenvalue weighted by atomic mass is 9.99. The summed E-state index contributed by atoms with van der Waals surface area (Å²) in [4.78, 5) is 11.4. The van der Waals surface area contributed by atoms with Crippen molar-refractivity contribution in [3.05, 3.63) is 47.5 Å². The highest BCUT2D eigenvalue weighted by Crippen LogP contribution is 2.38. The summed E-state index contributed by atoms with van der Waals surface area (Å²) in [5.74, 6) is -0.471. The molecule has 1 heterocycles. The Kier molecular flexibility index (Phi) is 3.77. The van der Waals surface area contributed by atoms with Crippen LogP contribution < -0.4 is 9.46 Å². The Labute approximate surface area is 145 Å². The van der Waals surface area contributed by atoms with Gasteiger partial charge < -0.3 is 9.84 Å². The minimum Gasteiger partial charge on any atom is -0.492 e. The zero-order chi connectivity index (χ0) is 17.6. The Balaban J connectivity index is 1.86. The summed E-state index contributed by atoms with van der Waals surface area (Å²) < 4.78 is 33.3. The van der Waals surface area contributed by atoms with E-state index in [2.05, 4.69) is 4.72 Å². The van der Waals surface area contributed by atoms with E-state index in [1.807, 2.05) is 18.2 Å². The molecule has 1 aliphatic carbocycles. The van der Waals surface area contributed by atoms with Crippen LogP contribution in [0.3, 0.4) is 0 Å². The van der Waals surface area contributed by atoms with E-state index in [9.17, 15) is 18.3 Å². The summed E-state index contributed by atoms with van der Waals surface area (Å²) in [5, 5.41) is 9.39. The van der Waals surface area contributed by atoms with Gasteiger partial charge in [0, 0.05) is 18.0 Å². The number of benzene rings is 2. The van der Waals surface area contributed by atoms with Gasteiger partial charge in [0.25, 0.3) is 0 Å². The third kappa shape index (κ3) is 3.12. The van der Waals surface area contributed by atoms with E-state index in [1.54, 1.807) is 0 Å². The van der Waals surface area contributed by atoms with E-state index in [0.29, 0.717) is 23.5 Å². The van der Waals surface area contributed by atoms with E-state index in [4.69, 9.17) is 4.74 Å². The molecule has 1 saturated carbocycles. The average Bonchev–Trinajstić information content (AvgIpc) is 3.24. The Bertz CT molecular complexity index is 963. The van der Waals surface area contributed by atoms with Crippen LogP contribution in [0.2, 0.25) is 0 Å². The number of carboxylic acid groups (broad SMARTS) is 1. The lowest BCUT2D eigenvalue weighted by Gasteiger charge is -2.12. The number of carboxylic acids is 1. The molecular weight excluding hydrogens is 342 g/mol. The topological polar surface area (TPSA) is 92.7 Å². The molecule has 2 aromatic carbocycles. The SMILES string of the molecule is O=C(O)c1cc(-c2cccc3c2OCC3)cc(S(=O)(=O)NC2CC2)c1. The van der Waals surface area contributed by atoms with Crippen molar-refractivity contribution in [2.24, 2.45) is 0 Å². The summed E-state index contributed by atoms with van der Waals surface area (Å²) in [6, 6.07) is 9.78. The molecule has 0 spiro atoms. The smallest absolute Gasteiger partial charge is 0.335 e. The minimum absolute atomic E-state index is 0.0371. The van der Waals surface area contributed by atoms with Crippen LogP contribution in [0.25, 0.3) is 11.1 Å². The van der Waals surface area contributed by atoms with Gasteiger partial charge in [-0.25, -0.2) is 17.9 Å². The molecule has 0 radical (unpaired) electrons. The van der Waals surface area contributed by atoms with Crippen molar-refractivity contribution in [2.45, 2.75) is 30.2 Å². The number of ether oxygens (including phenoxy) is 1. The van der Waals surface area contributed by atoms with Gasteiger partial charge in [0.2, 0.25) is 10.0 Å². The Morgan fingerprint density at radius 3 is 2.72 bits per heavy atom. The number of nitrogens with one attached hydrogen (secondary N) is 1. The number of carbonyl (C=O) groups is 1. The van der Waals surface area contributed by atoms with E-state index in [1.165, 1.54) is 18.2 Å². The number of rotatable bonds is 5. The molecule has 0 amide bonds. The molecule has 0 unspecified atom stereocenters. The second-order valence-corrected chi connectivity index (χ2v) is 8.05. The molecule has 4 rings (SSSR count). The van der Waals surface area contributed by atoms with Gasteiger partial charge >= 0.3 is 5.97 Å². The van der Waals surface area contributed by atoms with Gasteiger partial charge in [-0.3, -0.25) is 0 Å². The van der Waals surface area contributed by atoms with Crippen LogP contribution in [0.1, 0.15) is 28.8 Å². The lowest BCUT2D eigenvalue weighted by Crippen LogP contribution is -2.26. The first-order valence-corrected chi connectivity index (χ1v) is 9.58. The number of fused-ring (bicyclic) bond motifs is 1. The van der Waals surface area contributed by atoms with Crippen molar-refractivity contribution < 1.29 is 23.1 Å². The fourth-order valence-corrected chi connectivity index (χ4v) is 4.34. The zero-order valence-corrected chi connectivity index (χ0v) is 14.2. The van der Waals surface area contributed by atoms with Gasteiger partial charge in [0.15, 0.2) is 0 Å². The highest BCUT2D eigenvalue weighted by Gasteiger charge is 2.29. The second-order valence-electron chi connectivity index (χ2n) is 6.34. The van der Waals surface area contributed by atoms with Gasteiger partial charge in [-0.05, 0) is 42.2 Å². The van der Waals surface area contributed by atoms with E-state index >= 15 is 0 Å². The van der Waals surface area contributed by atoms with Crippen LogP contribution in [0.5, 0.6) is 5.75 Å². The first kappa shape index (κ1) is 16.1. The molecule has 1 aliphatic heterocycles. The molecule has 2 N–H and O–H groups in total. The van der Waals surface area contributed by atoms with E-state index < -0.39 is 16.0 Å². The molecule has 0 aromatic heterocycles. The Morgan fingerprint density at radius 2 is 2.00 bits per heavy atom. The van der Waals surface area contributed by atoms with Crippen LogP contribution in [0.4, 0.5) is 0 Å². The van der Waals surface area contributed by atoms with Crippen LogP contribution in [-0.2, 0) is 16.4 Å². The molecular formula is C18H17NO5S. The van der Waals surface area contributed by atoms with Crippen molar-refractivity contribution >= 4 is 16.0 Å². The van der Waals surface area contributed by atoms with Crippen LogP contribution in [0.15, 0.2) is 41.3 Å². The largest absolute Gasteiger partial charge is 0.492 e. The van der Waals surface area contributed by atoms with Crippen molar-refractivity contribution in [1.82, 2.24) is 4.72 Å². The maximum absolute atomic E-state index is 12.5. The van der Waals surface area contributed by atoms with Crippen molar-refractivity contribution in [1.29, 1.82) is 0 Å². The highest BCUT2D eigenvalue weighted by molar-refractivity contribution is 7.89. The van der Waals surface area contributed by atoms with Crippen LogP contribution in [0, 0.1) is 0 Å². The predicted molar refractivity (Wildman–Crippen MR) is 91.4 cm³/mol. The highest BCUT2D eigenvalue weighted by atomic mass is 32.2. The normalized spacial score (nSPS) is 16.3. The molecule has 7 heteroatoms. The predicted octanol–water partition coefficient (Wildman–Crippen LogP) is 2.43. The third-order valence-electron chi connectivity index (χ3n) is 4.39. The average molecular weight is 359 g/mol. The number of hydrogen-bond acceptors (Lipinski definition) is 4. The summed E-state index contributed by atoms with van der Waals surface area (Å²) in [6.45, 7) is 0.569. The molecule has 25 heavy (non-hydrogen) atoms. The monoisotopic (exact) mass is 359 g/mol. The van der Waals surface area contributed by atoms with Crippen molar-refractivity contribution in [3.63, 3.8) is 0 Å². The fourth-order valence-electron chi connectivity index (χ4n) is 2.96. The summed E-state index contributed by atoms with van der Waals surface area (Å²) in [7, 11) is -3.75. The lowest BCUT2D eigenvalue weighted by molar-refractivity contribution is 0.0696. The summed E-state index contributed by atoms with van der Waals surface area (Å²) >= 11 is 0. The van der Waals surface area contributed by atoms with Gasteiger partial charge in [0.1, 0.15) is 5.75 Å².